The molecular weight excluding hydrogens is 534 g/mol. The van der Waals surface area contributed by atoms with Crippen LogP contribution in [0.1, 0.15) is 47.2 Å². The summed E-state index contributed by atoms with van der Waals surface area (Å²) in [7, 11) is 0. The summed E-state index contributed by atoms with van der Waals surface area (Å²) in [5.74, 6) is 0.924. The molecule has 0 radical (unpaired) electrons. The van der Waals surface area contributed by atoms with Crippen LogP contribution in [0.25, 0.3) is 10.9 Å². The summed E-state index contributed by atoms with van der Waals surface area (Å²) in [5.41, 5.74) is 3.73. The van der Waals surface area contributed by atoms with E-state index in [2.05, 4.69) is 45.4 Å². The first-order chi connectivity index (χ1) is 20.4. The summed E-state index contributed by atoms with van der Waals surface area (Å²) < 4.78 is 12.1. The van der Waals surface area contributed by atoms with Crippen LogP contribution < -0.4 is 15.0 Å². The molecule has 10 nitrogen and oxygen atoms in total. The number of carbonyl (C=O) groups excluding carboxylic acids is 3. The molecule has 6 aliphatic rings. The molecule has 0 spiro atoms. The summed E-state index contributed by atoms with van der Waals surface area (Å²) in [4.78, 5) is 48.1. The fourth-order valence-electron chi connectivity index (χ4n) is 7.09. The summed E-state index contributed by atoms with van der Waals surface area (Å²) in [6, 6.07) is 15.8. The van der Waals surface area contributed by atoms with E-state index in [1.54, 1.807) is 11.0 Å². The Bertz CT molecular complexity index is 1590. The fraction of sp³-hybridized carbons (Fsp3) is 0.438. The quantitative estimate of drug-likeness (QED) is 0.454. The molecular formula is C32H33N5O5. The zero-order chi connectivity index (χ0) is 28.4. The van der Waals surface area contributed by atoms with E-state index in [0.29, 0.717) is 30.7 Å². The molecule has 7 heterocycles. The minimum absolute atomic E-state index is 0.0656. The van der Waals surface area contributed by atoms with Crippen LogP contribution in [0, 0.1) is 0 Å². The van der Waals surface area contributed by atoms with Crippen molar-refractivity contribution in [1.82, 2.24) is 20.1 Å². The molecule has 10 heteroatoms. The molecule has 3 aromatic rings. The maximum atomic E-state index is 13.0. The minimum atomic E-state index is -0.612. The number of pyridine rings is 1. The molecule has 2 aromatic carbocycles. The molecule has 3 amide bonds. The van der Waals surface area contributed by atoms with Crippen LogP contribution in [-0.2, 0) is 27.4 Å². The number of rotatable bonds is 6. The van der Waals surface area contributed by atoms with E-state index in [9.17, 15) is 14.4 Å². The third kappa shape index (κ3) is 4.68. The van der Waals surface area contributed by atoms with Gasteiger partial charge >= 0.3 is 0 Å². The summed E-state index contributed by atoms with van der Waals surface area (Å²) in [6.07, 6.45) is 3.49. The van der Waals surface area contributed by atoms with Gasteiger partial charge in [-0.05, 0) is 66.4 Å². The number of carbonyl (C=O) groups is 3. The van der Waals surface area contributed by atoms with Gasteiger partial charge in [-0.25, -0.2) is 4.98 Å². The number of hydrogen-bond acceptors (Lipinski definition) is 8. The first-order valence-electron chi connectivity index (χ1n) is 14.9. The first-order valence-corrected chi connectivity index (χ1v) is 14.9. The number of fused-ring (bicyclic) bond motifs is 4. The highest BCUT2D eigenvalue weighted by molar-refractivity contribution is 6.05. The lowest BCUT2D eigenvalue weighted by Crippen LogP contribution is -2.57. The number of likely N-dealkylation sites (tertiary alicyclic amines) is 1. The smallest absolute Gasteiger partial charge is 0.255 e. The van der Waals surface area contributed by atoms with Gasteiger partial charge in [-0.3, -0.25) is 24.6 Å². The second-order valence-corrected chi connectivity index (χ2v) is 12.2. The number of nitrogens with zero attached hydrogens (tertiary/aromatic N) is 4. The molecule has 9 rings (SSSR count). The third-order valence-electron chi connectivity index (χ3n) is 9.25. The minimum Gasteiger partial charge on any atom is -0.489 e. The molecule has 4 atom stereocenters. The Labute approximate surface area is 243 Å². The van der Waals surface area contributed by atoms with E-state index < -0.39 is 11.9 Å². The molecule has 216 valence electrons. The van der Waals surface area contributed by atoms with Crippen molar-refractivity contribution in [2.45, 2.75) is 63.1 Å². The van der Waals surface area contributed by atoms with Gasteiger partial charge in [-0.1, -0.05) is 6.07 Å². The Balaban J connectivity index is 0.881. The number of benzene rings is 2. The Morgan fingerprint density at radius 2 is 1.83 bits per heavy atom. The Kier molecular flexibility index (Phi) is 6.15. The molecule has 1 aromatic heterocycles. The molecule has 0 aliphatic carbocycles. The number of morpholine rings is 1. The van der Waals surface area contributed by atoms with Gasteiger partial charge in [0.15, 0.2) is 0 Å². The molecule has 1 unspecified atom stereocenters. The average molecular weight is 568 g/mol. The van der Waals surface area contributed by atoms with Crippen molar-refractivity contribution >= 4 is 34.4 Å². The van der Waals surface area contributed by atoms with Crippen LogP contribution in [0.4, 0.5) is 5.82 Å². The number of anilines is 1. The highest BCUT2D eigenvalue weighted by atomic mass is 16.5. The number of aromatic nitrogens is 1. The van der Waals surface area contributed by atoms with Gasteiger partial charge in [0, 0.05) is 63.1 Å². The van der Waals surface area contributed by atoms with Crippen molar-refractivity contribution in [2.75, 3.05) is 31.1 Å². The molecule has 5 saturated heterocycles. The fourth-order valence-corrected chi connectivity index (χ4v) is 7.09. The maximum absolute atomic E-state index is 13.0. The predicted octanol–water partition coefficient (Wildman–Crippen LogP) is 2.63. The topological polar surface area (TPSA) is 104 Å². The molecule has 42 heavy (non-hydrogen) atoms. The standard InChI is InChI=1S/C32H33N5O5/c38-30-8-6-28(31(39)34-30)37-15-21-12-22(3-4-26(21)32(37)40)41-23-9-10-35(16-23)14-19-1-5-27-20(11-19)2-7-29(33-27)36-17-24-13-25(18-36)42-24/h1-5,7,11-12,23-25,28H,6,8-10,13-18H2,(H,34,38,39)/t23-,24-,25+,28?/m0/s1. The van der Waals surface area contributed by atoms with E-state index in [1.165, 1.54) is 12.0 Å². The van der Waals surface area contributed by atoms with Crippen molar-refractivity contribution in [3.05, 3.63) is 65.2 Å². The van der Waals surface area contributed by atoms with E-state index in [1.807, 2.05) is 12.1 Å². The number of nitrogens with one attached hydrogen (secondary N) is 1. The zero-order valence-electron chi connectivity index (χ0n) is 23.3. The van der Waals surface area contributed by atoms with Gasteiger partial charge in [0.05, 0.1) is 17.7 Å². The van der Waals surface area contributed by atoms with E-state index >= 15 is 0 Å². The second kappa shape index (κ2) is 10.1. The number of imide groups is 1. The van der Waals surface area contributed by atoms with Gasteiger partial charge in [0.2, 0.25) is 11.8 Å². The van der Waals surface area contributed by atoms with Gasteiger partial charge in [-0.15, -0.1) is 0 Å². The third-order valence-corrected chi connectivity index (χ3v) is 9.25. The Hall–Kier alpha value is -4.02. The van der Waals surface area contributed by atoms with Crippen LogP contribution in [-0.4, -0.2) is 83.0 Å². The van der Waals surface area contributed by atoms with Crippen LogP contribution in [0.3, 0.4) is 0 Å². The molecule has 6 aliphatic heterocycles. The number of amides is 3. The first kappa shape index (κ1) is 25.7. The molecule has 2 bridgehead atoms. The van der Waals surface area contributed by atoms with Crippen molar-refractivity contribution in [1.29, 1.82) is 0 Å². The van der Waals surface area contributed by atoms with Gasteiger partial charge in [0.1, 0.15) is 23.7 Å². The SMILES string of the molecule is O=C1CCC(N2Cc3cc(O[C@H]4CCN(Cc5ccc6nc(N7C[C@H]8C[C@@H](C7)O8)ccc6c5)C4)ccc3C2=O)C(=O)N1. The van der Waals surface area contributed by atoms with Crippen molar-refractivity contribution < 1.29 is 23.9 Å². The summed E-state index contributed by atoms with van der Waals surface area (Å²) in [6.45, 7) is 4.83. The van der Waals surface area contributed by atoms with E-state index in [4.69, 9.17) is 14.5 Å². The lowest BCUT2D eigenvalue weighted by Gasteiger charge is -2.47. The van der Waals surface area contributed by atoms with E-state index in [-0.39, 0.29) is 24.3 Å². The zero-order valence-corrected chi connectivity index (χ0v) is 23.3. The van der Waals surface area contributed by atoms with Crippen molar-refractivity contribution in [3.63, 3.8) is 0 Å². The van der Waals surface area contributed by atoms with Crippen molar-refractivity contribution in [3.8, 4) is 5.75 Å². The van der Waals surface area contributed by atoms with E-state index in [0.717, 1.165) is 67.2 Å². The largest absolute Gasteiger partial charge is 0.489 e. The maximum Gasteiger partial charge on any atom is 0.255 e. The number of ether oxygens (including phenoxy) is 2. The van der Waals surface area contributed by atoms with Crippen LogP contribution in [0.15, 0.2) is 48.5 Å². The van der Waals surface area contributed by atoms with Gasteiger partial charge in [0.25, 0.3) is 5.91 Å². The normalized spacial score (nSPS) is 27.3. The summed E-state index contributed by atoms with van der Waals surface area (Å²) in [5, 5.41) is 3.50. The predicted molar refractivity (Wildman–Crippen MR) is 154 cm³/mol. The highest BCUT2D eigenvalue weighted by Crippen LogP contribution is 2.33. The van der Waals surface area contributed by atoms with Gasteiger partial charge < -0.3 is 19.3 Å². The average Bonchev–Trinajstić information content (AvgIpc) is 3.55. The van der Waals surface area contributed by atoms with Gasteiger partial charge in [-0.2, -0.15) is 0 Å². The monoisotopic (exact) mass is 567 g/mol. The lowest BCUT2D eigenvalue weighted by molar-refractivity contribution is -0.137. The van der Waals surface area contributed by atoms with Crippen LogP contribution in [0.2, 0.25) is 0 Å². The second-order valence-electron chi connectivity index (χ2n) is 12.2. The number of hydrogen-bond donors (Lipinski definition) is 1. The molecule has 5 fully saturated rings. The van der Waals surface area contributed by atoms with Crippen molar-refractivity contribution in [2.24, 2.45) is 0 Å². The summed E-state index contributed by atoms with van der Waals surface area (Å²) >= 11 is 0. The number of piperidine rings is 2. The Morgan fingerprint density at radius 3 is 2.67 bits per heavy atom. The van der Waals surface area contributed by atoms with Crippen LogP contribution >= 0.6 is 0 Å². The van der Waals surface area contributed by atoms with Crippen LogP contribution in [0.5, 0.6) is 5.75 Å². The molecule has 0 saturated carbocycles. The molecule has 1 N–H and O–H groups in total. The highest BCUT2D eigenvalue weighted by Gasteiger charge is 2.40. The Morgan fingerprint density at radius 1 is 0.976 bits per heavy atom. The lowest BCUT2D eigenvalue weighted by atomic mass is 9.99.